The van der Waals surface area contributed by atoms with E-state index in [1.54, 1.807) is 6.08 Å². The molecule has 0 aliphatic rings. The molecule has 1 rings (SSSR count). The summed E-state index contributed by atoms with van der Waals surface area (Å²) < 4.78 is 0. The van der Waals surface area contributed by atoms with E-state index in [1.807, 2.05) is 24.3 Å². The molecule has 56 valence electrons. The van der Waals surface area contributed by atoms with Crippen LogP contribution in [0.15, 0.2) is 35.2 Å². The molecule has 2 heteroatoms. The Morgan fingerprint density at radius 1 is 1.27 bits per heavy atom. The average molecular weight is 164 g/mol. The molecule has 0 saturated heterocycles. The van der Waals surface area contributed by atoms with Gasteiger partial charge in [0.05, 0.1) is 0 Å². The zero-order valence-electron chi connectivity index (χ0n) is 5.90. The Bertz CT molecular complexity index is 279. The minimum Gasteiger partial charge on any atom is -0.299 e. The molecule has 0 aliphatic carbocycles. The van der Waals surface area contributed by atoms with Crippen LogP contribution in [0.25, 0.3) is 6.08 Å². The summed E-state index contributed by atoms with van der Waals surface area (Å²) in [5.74, 6) is 0. The molecule has 0 amide bonds. The van der Waals surface area contributed by atoms with E-state index >= 15 is 0 Å². The van der Waals surface area contributed by atoms with Gasteiger partial charge in [-0.3, -0.25) is 4.79 Å². The summed E-state index contributed by atoms with van der Waals surface area (Å²) in [5, 5.41) is 0. The van der Waals surface area contributed by atoms with Gasteiger partial charge < -0.3 is 0 Å². The Morgan fingerprint density at radius 3 is 2.64 bits per heavy atom. The van der Waals surface area contributed by atoms with E-state index in [0.717, 1.165) is 16.7 Å². The average Bonchev–Trinajstić information content (AvgIpc) is 2.03. The fourth-order valence-corrected chi connectivity index (χ4v) is 1.01. The maximum atomic E-state index is 9.98. The maximum absolute atomic E-state index is 9.98. The summed E-state index contributed by atoms with van der Waals surface area (Å²) in [6.07, 6.45) is 3.94. The number of carbonyl (C=O) groups excluding carboxylic acids is 1. The van der Waals surface area contributed by atoms with Crippen LogP contribution < -0.4 is 0 Å². The lowest BCUT2D eigenvalue weighted by molar-refractivity contribution is -0.104. The SMILES string of the molecule is O=C/C=C/c1ccccc1S. The molecular formula is C9H8OS. The summed E-state index contributed by atoms with van der Waals surface area (Å²) in [7, 11) is 0. The van der Waals surface area contributed by atoms with Gasteiger partial charge in [0, 0.05) is 4.90 Å². The Labute approximate surface area is 71.2 Å². The van der Waals surface area contributed by atoms with Crippen LogP contribution in [0.3, 0.4) is 0 Å². The quantitative estimate of drug-likeness (QED) is 0.403. The molecule has 0 N–H and O–H groups in total. The van der Waals surface area contributed by atoms with Gasteiger partial charge in [0.2, 0.25) is 0 Å². The van der Waals surface area contributed by atoms with Gasteiger partial charge >= 0.3 is 0 Å². The number of rotatable bonds is 2. The van der Waals surface area contributed by atoms with E-state index in [1.165, 1.54) is 6.08 Å². The molecule has 0 atom stereocenters. The number of benzene rings is 1. The van der Waals surface area contributed by atoms with Gasteiger partial charge in [-0.05, 0) is 17.7 Å². The minimum absolute atomic E-state index is 0.750. The second-order valence-electron chi connectivity index (χ2n) is 2.05. The number of carbonyl (C=O) groups is 1. The lowest BCUT2D eigenvalue weighted by Gasteiger charge is -1.95. The maximum Gasteiger partial charge on any atom is 0.142 e. The Hall–Kier alpha value is -1.02. The van der Waals surface area contributed by atoms with Crippen molar-refractivity contribution in [3.05, 3.63) is 35.9 Å². The van der Waals surface area contributed by atoms with E-state index in [4.69, 9.17) is 0 Å². The highest BCUT2D eigenvalue weighted by molar-refractivity contribution is 7.80. The minimum atomic E-state index is 0.750. The van der Waals surface area contributed by atoms with E-state index in [9.17, 15) is 4.79 Å². The summed E-state index contributed by atoms with van der Waals surface area (Å²) >= 11 is 4.20. The van der Waals surface area contributed by atoms with Gasteiger partial charge in [-0.25, -0.2) is 0 Å². The first kappa shape index (κ1) is 8.08. The summed E-state index contributed by atoms with van der Waals surface area (Å²) in [5.41, 5.74) is 0.961. The van der Waals surface area contributed by atoms with Gasteiger partial charge in [-0.2, -0.15) is 0 Å². The third-order valence-corrected chi connectivity index (χ3v) is 1.70. The van der Waals surface area contributed by atoms with Crippen molar-refractivity contribution in [2.45, 2.75) is 4.90 Å². The van der Waals surface area contributed by atoms with Crippen molar-refractivity contribution in [1.29, 1.82) is 0 Å². The van der Waals surface area contributed by atoms with E-state index in [2.05, 4.69) is 12.6 Å². The molecule has 0 aromatic heterocycles. The molecule has 0 aliphatic heterocycles. The summed E-state index contributed by atoms with van der Waals surface area (Å²) in [4.78, 5) is 10.9. The van der Waals surface area contributed by atoms with E-state index < -0.39 is 0 Å². The van der Waals surface area contributed by atoms with Crippen molar-refractivity contribution < 1.29 is 4.79 Å². The Morgan fingerprint density at radius 2 is 2.00 bits per heavy atom. The highest BCUT2D eigenvalue weighted by atomic mass is 32.1. The molecule has 0 unspecified atom stereocenters. The highest BCUT2D eigenvalue weighted by Crippen LogP contribution is 2.13. The van der Waals surface area contributed by atoms with Crippen LogP contribution in [0, 0.1) is 0 Å². The van der Waals surface area contributed by atoms with Gasteiger partial charge in [-0.1, -0.05) is 24.3 Å². The van der Waals surface area contributed by atoms with Gasteiger partial charge in [0.1, 0.15) is 6.29 Å². The van der Waals surface area contributed by atoms with Crippen molar-refractivity contribution >= 4 is 25.0 Å². The Kier molecular flexibility index (Phi) is 2.93. The molecule has 0 radical (unpaired) electrons. The van der Waals surface area contributed by atoms with Gasteiger partial charge in [0.15, 0.2) is 0 Å². The van der Waals surface area contributed by atoms with Crippen molar-refractivity contribution in [2.75, 3.05) is 0 Å². The standard InChI is InChI=1S/C9H8OS/c10-7-3-5-8-4-1-2-6-9(8)11/h1-7,11H/b5-3+. The van der Waals surface area contributed by atoms with Gasteiger partial charge in [-0.15, -0.1) is 12.6 Å². The molecule has 0 heterocycles. The molecule has 1 aromatic rings. The zero-order valence-corrected chi connectivity index (χ0v) is 6.79. The smallest absolute Gasteiger partial charge is 0.142 e. The van der Waals surface area contributed by atoms with E-state index in [0.29, 0.717) is 0 Å². The number of aldehydes is 1. The summed E-state index contributed by atoms with van der Waals surface area (Å²) in [6, 6.07) is 7.60. The predicted molar refractivity (Wildman–Crippen MR) is 48.8 cm³/mol. The lowest BCUT2D eigenvalue weighted by Crippen LogP contribution is -1.73. The highest BCUT2D eigenvalue weighted by Gasteiger charge is 1.89. The lowest BCUT2D eigenvalue weighted by atomic mass is 10.2. The van der Waals surface area contributed by atoms with Crippen molar-refractivity contribution in [2.24, 2.45) is 0 Å². The normalized spacial score (nSPS) is 10.3. The third kappa shape index (κ3) is 2.24. The predicted octanol–water partition coefficient (Wildman–Crippen LogP) is 2.19. The molecular weight excluding hydrogens is 156 g/mol. The van der Waals surface area contributed by atoms with Crippen LogP contribution in [0.2, 0.25) is 0 Å². The fraction of sp³-hybridized carbons (Fsp3) is 0. The third-order valence-electron chi connectivity index (χ3n) is 1.29. The number of thiol groups is 1. The van der Waals surface area contributed by atoms with Crippen LogP contribution in [-0.4, -0.2) is 6.29 Å². The topological polar surface area (TPSA) is 17.1 Å². The number of allylic oxidation sites excluding steroid dienone is 1. The summed E-state index contributed by atoms with van der Waals surface area (Å²) in [6.45, 7) is 0. The first-order valence-corrected chi connectivity index (χ1v) is 3.69. The molecule has 11 heavy (non-hydrogen) atoms. The van der Waals surface area contributed by atoms with Crippen molar-refractivity contribution in [1.82, 2.24) is 0 Å². The first-order chi connectivity index (χ1) is 5.34. The van der Waals surface area contributed by atoms with Crippen molar-refractivity contribution in [3.8, 4) is 0 Å². The number of hydrogen-bond donors (Lipinski definition) is 1. The fourth-order valence-electron chi connectivity index (χ4n) is 0.771. The largest absolute Gasteiger partial charge is 0.299 e. The van der Waals surface area contributed by atoms with Crippen LogP contribution in [0.4, 0.5) is 0 Å². The van der Waals surface area contributed by atoms with Crippen molar-refractivity contribution in [3.63, 3.8) is 0 Å². The van der Waals surface area contributed by atoms with Crippen LogP contribution >= 0.6 is 12.6 Å². The molecule has 1 aromatic carbocycles. The van der Waals surface area contributed by atoms with Crippen LogP contribution in [0.1, 0.15) is 5.56 Å². The van der Waals surface area contributed by atoms with Crippen LogP contribution in [-0.2, 0) is 4.79 Å². The Balaban J connectivity index is 2.94. The monoisotopic (exact) mass is 164 g/mol. The molecule has 0 saturated carbocycles. The number of hydrogen-bond acceptors (Lipinski definition) is 2. The second-order valence-corrected chi connectivity index (χ2v) is 2.54. The van der Waals surface area contributed by atoms with Crippen LogP contribution in [0.5, 0.6) is 0 Å². The second kappa shape index (κ2) is 3.98. The first-order valence-electron chi connectivity index (χ1n) is 3.24. The van der Waals surface area contributed by atoms with E-state index in [-0.39, 0.29) is 0 Å². The molecule has 0 fully saturated rings. The molecule has 0 spiro atoms. The molecule has 1 nitrogen and oxygen atoms in total. The molecule has 0 bridgehead atoms. The van der Waals surface area contributed by atoms with Gasteiger partial charge in [0.25, 0.3) is 0 Å². The zero-order chi connectivity index (χ0) is 8.10.